The van der Waals surface area contributed by atoms with Crippen LogP contribution < -0.4 is 5.32 Å². The zero-order chi connectivity index (χ0) is 18.2. The van der Waals surface area contributed by atoms with E-state index in [0.29, 0.717) is 11.2 Å². The second-order valence-corrected chi connectivity index (χ2v) is 5.75. The Bertz CT molecular complexity index is 788. The van der Waals surface area contributed by atoms with Crippen molar-refractivity contribution < 1.29 is 22.4 Å². The Morgan fingerprint density at radius 1 is 1.32 bits per heavy atom. The van der Waals surface area contributed by atoms with Gasteiger partial charge in [0, 0.05) is 25.7 Å². The SMILES string of the molecule is C[C@H]1CN(C(=O)c2nnn(-c3ccccc3F)c2C(F)(F)F)CCN1. The van der Waals surface area contributed by atoms with E-state index in [0.717, 1.165) is 12.1 Å². The van der Waals surface area contributed by atoms with Gasteiger partial charge in [0.05, 0.1) is 0 Å². The maximum absolute atomic E-state index is 13.9. The van der Waals surface area contributed by atoms with Crippen molar-refractivity contribution in [1.29, 1.82) is 0 Å². The lowest BCUT2D eigenvalue weighted by molar-refractivity contribution is -0.143. The van der Waals surface area contributed by atoms with Crippen molar-refractivity contribution in [3.63, 3.8) is 0 Å². The molecule has 1 saturated heterocycles. The van der Waals surface area contributed by atoms with Crippen molar-refractivity contribution in [2.75, 3.05) is 19.6 Å². The van der Waals surface area contributed by atoms with Crippen LogP contribution in [0.2, 0.25) is 0 Å². The van der Waals surface area contributed by atoms with Gasteiger partial charge in [0.25, 0.3) is 5.91 Å². The normalized spacial score (nSPS) is 18.4. The number of halogens is 4. The molecule has 6 nitrogen and oxygen atoms in total. The fourth-order valence-electron chi connectivity index (χ4n) is 2.74. The summed E-state index contributed by atoms with van der Waals surface area (Å²) in [4.78, 5) is 13.8. The highest BCUT2D eigenvalue weighted by molar-refractivity contribution is 5.93. The first-order valence-corrected chi connectivity index (χ1v) is 7.59. The zero-order valence-electron chi connectivity index (χ0n) is 13.2. The van der Waals surface area contributed by atoms with Crippen molar-refractivity contribution in [2.24, 2.45) is 0 Å². The Balaban J connectivity index is 2.06. The maximum atomic E-state index is 13.9. The molecule has 0 saturated carbocycles. The number of nitrogens with zero attached hydrogens (tertiary/aromatic N) is 4. The summed E-state index contributed by atoms with van der Waals surface area (Å²) in [7, 11) is 0. The van der Waals surface area contributed by atoms with Crippen LogP contribution in [0, 0.1) is 5.82 Å². The molecule has 25 heavy (non-hydrogen) atoms. The number of benzene rings is 1. The third-order valence-corrected chi connectivity index (χ3v) is 3.88. The molecule has 1 aliphatic rings. The van der Waals surface area contributed by atoms with Gasteiger partial charge in [-0.05, 0) is 19.1 Å². The quantitative estimate of drug-likeness (QED) is 0.834. The van der Waals surface area contributed by atoms with Crippen molar-refractivity contribution in [1.82, 2.24) is 25.2 Å². The molecular formula is C15H15F4N5O. The van der Waals surface area contributed by atoms with Gasteiger partial charge in [0.1, 0.15) is 11.5 Å². The van der Waals surface area contributed by atoms with Gasteiger partial charge in [-0.1, -0.05) is 17.3 Å². The van der Waals surface area contributed by atoms with Crippen LogP contribution >= 0.6 is 0 Å². The molecule has 2 aromatic rings. The Morgan fingerprint density at radius 2 is 2.04 bits per heavy atom. The second-order valence-electron chi connectivity index (χ2n) is 5.75. The molecule has 2 heterocycles. The van der Waals surface area contributed by atoms with E-state index >= 15 is 0 Å². The predicted molar refractivity (Wildman–Crippen MR) is 79.7 cm³/mol. The van der Waals surface area contributed by atoms with E-state index in [1.807, 2.05) is 6.92 Å². The fourth-order valence-corrected chi connectivity index (χ4v) is 2.74. The summed E-state index contributed by atoms with van der Waals surface area (Å²) in [5.41, 5.74) is -2.63. The van der Waals surface area contributed by atoms with Crippen LogP contribution in [0.25, 0.3) is 5.69 Å². The molecule has 1 aromatic carbocycles. The average molecular weight is 357 g/mol. The van der Waals surface area contributed by atoms with Crippen LogP contribution in [0.15, 0.2) is 24.3 Å². The first-order chi connectivity index (χ1) is 11.8. The Kier molecular flexibility index (Phi) is 4.46. The molecule has 0 unspecified atom stereocenters. The number of alkyl halides is 3. The molecule has 134 valence electrons. The largest absolute Gasteiger partial charge is 0.435 e. The van der Waals surface area contributed by atoms with Gasteiger partial charge in [-0.2, -0.15) is 13.2 Å². The van der Waals surface area contributed by atoms with Crippen molar-refractivity contribution >= 4 is 5.91 Å². The molecule has 0 bridgehead atoms. The average Bonchev–Trinajstić information content (AvgIpc) is 2.99. The number of para-hydroxylation sites is 1. The van der Waals surface area contributed by atoms with Gasteiger partial charge < -0.3 is 10.2 Å². The lowest BCUT2D eigenvalue weighted by Crippen LogP contribution is -2.51. The summed E-state index contributed by atoms with van der Waals surface area (Å²) in [6.45, 7) is 2.80. The molecule has 0 spiro atoms. The highest BCUT2D eigenvalue weighted by Crippen LogP contribution is 2.33. The molecular weight excluding hydrogens is 342 g/mol. The van der Waals surface area contributed by atoms with Gasteiger partial charge in [-0.25, -0.2) is 9.07 Å². The number of amides is 1. The van der Waals surface area contributed by atoms with Crippen molar-refractivity contribution in [3.05, 3.63) is 41.5 Å². The number of hydrogen-bond donors (Lipinski definition) is 1. The smallest absolute Gasteiger partial charge is 0.334 e. The summed E-state index contributed by atoms with van der Waals surface area (Å²) >= 11 is 0. The predicted octanol–water partition coefficient (Wildman–Crippen LogP) is 1.86. The molecule has 1 atom stereocenters. The van der Waals surface area contributed by atoms with E-state index in [-0.39, 0.29) is 19.1 Å². The minimum Gasteiger partial charge on any atom is -0.334 e. The van der Waals surface area contributed by atoms with Gasteiger partial charge in [0.15, 0.2) is 11.4 Å². The standard InChI is InChI=1S/C15H15F4N5O/c1-9-8-23(7-6-20-9)14(25)12-13(15(17,18)19)24(22-21-12)11-5-3-2-4-10(11)16/h2-5,9,20H,6-8H2,1H3/t9-/m0/s1. The number of rotatable bonds is 2. The van der Waals surface area contributed by atoms with Crippen molar-refractivity contribution in [2.45, 2.75) is 19.1 Å². The summed E-state index contributed by atoms with van der Waals surface area (Å²) < 4.78 is 54.9. The van der Waals surface area contributed by atoms with Crippen molar-refractivity contribution in [3.8, 4) is 5.69 Å². The van der Waals surface area contributed by atoms with Gasteiger partial charge in [-0.15, -0.1) is 5.10 Å². The minimum atomic E-state index is -4.92. The molecule has 0 radical (unpaired) electrons. The highest BCUT2D eigenvalue weighted by atomic mass is 19.4. The van der Waals surface area contributed by atoms with Gasteiger partial charge in [0.2, 0.25) is 0 Å². The second kappa shape index (κ2) is 6.43. The zero-order valence-corrected chi connectivity index (χ0v) is 13.2. The molecule has 1 aromatic heterocycles. The molecule has 10 heteroatoms. The minimum absolute atomic E-state index is 0.0475. The topological polar surface area (TPSA) is 63.1 Å². The first kappa shape index (κ1) is 17.3. The number of carbonyl (C=O) groups is 1. The third-order valence-electron chi connectivity index (χ3n) is 3.88. The molecule has 1 N–H and O–H groups in total. The van der Waals surface area contributed by atoms with E-state index in [4.69, 9.17) is 0 Å². The summed E-state index contributed by atoms with van der Waals surface area (Å²) in [5.74, 6) is -1.77. The lowest BCUT2D eigenvalue weighted by atomic mass is 10.2. The van der Waals surface area contributed by atoms with Crippen LogP contribution in [-0.4, -0.2) is 51.5 Å². The van der Waals surface area contributed by atoms with Crippen LogP contribution in [-0.2, 0) is 6.18 Å². The third kappa shape index (κ3) is 3.34. The molecule has 1 fully saturated rings. The van der Waals surface area contributed by atoms with Crippen LogP contribution in [0.5, 0.6) is 0 Å². The number of nitrogens with one attached hydrogen (secondary N) is 1. The number of hydrogen-bond acceptors (Lipinski definition) is 4. The maximum Gasteiger partial charge on any atom is 0.435 e. The molecule has 3 rings (SSSR count). The Labute approximate surface area is 140 Å². The van der Waals surface area contributed by atoms with E-state index in [9.17, 15) is 22.4 Å². The van der Waals surface area contributed by atoms with Crippen LogP contribution in [0.4, 0.5) is 17.6 Å². The number of piperazine rings is 1. The van der Waals surface area contributed by atoms with Gasteiger partial charge in [-0.3, -0.25) is 4.79 Å². The van der Waals surface area contributed by atoms with Gasteiger partial charge >= 0.3 is 6.18 Å². The van der Waals surface area contributed by atoms with E-state index in [1.54, 1.807) is 0 Å². The Morgan fingerprint density at radius 3 is 2.68 bits per heavy atom. The van der Waals surface area contributed by atoms with E-state index in [1.165, 1.54) is 17.0 Å². The summed E-state index contributed by atoms with van der Waals surface area (Å²) in [6.07, 6.45) is -4.92. The van der Waals surface area contributed by atoms with E-state index in [2.05, 4.69) is 15.6 Å². The lowest BCUT2D eigenvalue weighted by Gasteiger charge is -2.31. The number of aromatic nitrogens is 3. The van der Waals surface area contributed by atoms with Crippen LogP contribution in [0.3, 0.4) is 0 Å². The van der Waals surface area contributed by atoms with Crippen LogP contribution in [0.1, 0.15) is 23.1 Å². The number of carbonyl (C=O) groups excluding carboxylic acids is 1. The molecule has 1 amide bonds. The molecule has 1 aliphatic heterocycles. The summed E-state index contributed by atoms with van der Waals surface area (Å²) in [6, 6.07) is 4.82. The Hall–Kier alpha value is -2.49. The fraction of sp³-hybridized carbons (Fsp3) is 0.400. The van der Waals surface area contributed by atoms with E-state index < -0.39 is 35.0 Å². The molecule has 0 aliphatic carbocycles. The summed E-state index contributed by atoms with van der Waals surface area (Å²) in [5, 5.41) is 9.90. The first-order valence-electron chi connectivity index (χ1n) is 7.59. The highest BCUT2D eigenvalue weighted by Gasteiger charge is 2.43. The monoisotopic (exact) mass is 357 g/mol.